The summed E-state index contributed by atoms with van der Waals surface area (Å²) >= 11 is 0. The van der Waals surface area contributed by atoms with Gasteiger partial charge in [-0.2, -0.15) is 0 Å². The fraction of sp³-hybridized carbons (Fsp3) is 0.333. The first-order chi connectivity index (χ1) is 4.30. The maximum absolute atomic E-state index is 5.49. The van der Waals surface area contributed by atoms with Crippen molar-refractivity contribution in [3.63, 3.8) is 0 Å². The second kappa shape index (κ2) is 6.34. The lowest BCUT2D eigenvalue weighted by atomic mass is 10.3. The SMILES string of the molecule is C[C@@H](N)c1ncccn1.Cl.Cl. The molecule has 0 radical (unpaired) electrons. The Morgan fingerprint density at radius 2 is 1.73 bits per heavy atom. The Hall–Kier alpha value is -0.380. The second-order valence-corrected chi connectivity index (χ2v) is 1.90. The molecule has 11 heavy (non-hydrogen) atoms. The van der Waals surface area contributed by atoms with Gasteiger partial charge in [-0.25, -0.2) is 9.97 Å². The van der Waals surface area contributed by atoms with Crippen LogP contribution in [0, 0.1) is 0 Å². The summed E-state index contributed by atoms with van der Waals surface area (Å²) in [5, 5.41) is 0. The van der Waals surface area contributed by atoms with Gasteiger partial charge in [0, 0.05) is 12.4 Å². The average molecular weight is 196 g/mol. The van der Waals surface area contributed by atoms with E-state index < -0.39 is 0 Å². The highest BCUT2D eigenvalue weighted by molar-refractivity contribution is 5.85. The minimum Gasteiger partial charge on any atom is -0.322 e. The molecule has 0 aromatic carbocycles. The summed E-state index contributed by atoms with van der Waals surface area (Å²) in [4.78, 5) is 7.88. The van der Waals surface area contributed by atoms with E-state index in [-0.39, 0.29) is 30.9 Å². The van der Waals surface area contributed by atoms with Crippen molar-refractivity contribution < 1.29 is 0 Å². The number of aromatic nitrogens is 2. The standard InChI is InChI=1S/C6H9N3.2ClH/c1-5(7)6-8-3-2-4-9-6;;/h2-5H,7H2,1H3;2*1H/t5-;;/m1../s1. The molecular formula is C6H11Cl2N3. The molecule has 0 aliphatic rings. The first-order valence-corrected chi connectivity index (χ1v) is 2.83. The van der Waals surface area contributed by atoms with E-state index in [1.165, 1.54) is 0 Å². The van der Waals surface area contributed by atoms with Crippen LogP contribution in [0.1, 0.15) is 18.8 Å². The van der Waals surface area contributed by atoms with Crippen molar-refractivity contribution in [2.45, 2.75) is 13.0 Å². The molecule has 64 valence electrons. The molecule has 0 unspecified atom stereocenters. The van der Waals surface area contributed by atoms with E-state index in [9.17, 15) is 0 Å². The highest BCUT2D eigenvalue weighted by Crippen LogP contribution is 1.97. The number of hydrogen-bond acceptors (Lipinski definition) is 3. The summed E-state index contributed by atoms with van der Waals surface area (Å²) in [7, 11) is 0. The Morgan fingerprint density at radius 3 is 2.00 bits per heavy atom. The van der Waals surface area contributed by atoms with Crippen LogP contribution in [0.5, 0.6) is 0 Å². The number of rotatable bonds is 1. The van der Waals surface area contributed by atoms with Gasteiger partial charge in [0.15, 0.2) is 0 Å². The zero-order chi connectivity index (χ0) is 6.69. The van der Waals surface area contributed by atoms with E-state index in [4.69, 9.17) is 5.73 Å². The molecule has 0 saturated heterocycles. The minimum absolute atomic E-state index is 0. The van der Waals surface area contributed by atoms with E-state index in [2.05, 4.69) is 9.97 Å². The molecule has 0 spiro atoms. The van der Waals surface area contributed by atoms with Gasteiger partial charge in [-0.1, -0.05) is 0 Å². The number of hydrogen-bond donors (Lipinski definition) is 1. The summed E-state index contributed by atoms with van der Waals surface area (Å²) < 4.78 is 0. The Bertz CT molecular complexity index is 178. The first kappa shape index (κ1) is 13.2. The molecule has 0 bridgehead atoms. The molecule has 0 saturated carbocycles. The van der Waals surface area contributed by atoms with Crippen molar-refractivity contribution in [2.75, 3.05) is 0 Å². The van der Waals surface area contributed by atoms with Gasteiger partial charge in [0.05, 0.1) is 6.04 Å². The van der Waals surface area contributed by atoms with Crippen molar-refractivity contribution in [3.8, 4) is 0 Å². The third-order valence-electron chi connectivity index (χ3n) is 0.993. The predicted octanol–water partition coefficient (Wildman–Crippen LogP) is 1.34. The normalized spacial score (nSPS) is 10.7. The first-order valence-electron chi connectivity index (χ1n) is 2.83. The van der Waals surface area contributed by atoms with Gasteiger partial charge in [-0.15, -0.1) is 24.8 Å². The predicted molar refractivity (Wildman–Crippen MR) is 49.1 cm³/mol. The summed E-state index contributed by atoms with van der Waals surface area (Å²) in [5.41, 5.74) is 5.49. The van der Waals surface area contributed by atoms with Gasteiger partial charge in [0.25, 0.3) is 0 Å². The van der Waals surface area contributed by atoms with Crippen LogP contribution in [0.25, 0.3) is 0 Å². The Morgan fingerprint density at radius 1 is 1.27 bits per heavy atom. The molecule has 1 rings (SSSR count). The quantitative estimate of drug-likeness (QED) is 0.737. The highest BCUT2D eigenvalue weighted by atomic mass is 35.5. The molecule has 0 amide bonds. The summed E-state index contributed by atoms with van der Waals surface area (Å²) in [5.74, 6) is 0.692. The maximum Gasteiger partial charge on any atom is 0.144 e. The topological polar surface area (TPSA) is 51.8 Å². The number of nitrogens with zero attached hydrogens (tertiary/aromatic N) is 2. The molecule has 1 heterocycles. The molecule has 1 atom stereocenters. The van der Waals surface area contributed by atoms with Crippen molar-refractivity contribution in [2.24, 2.45) is 5.73 Å². The largest absolute Gasteiger partial charge is 0.322 e. The third-order valence-corrected chi connectivity index (χ3v) is 0.993. The maximum atomic E-state index is 5.49. The van der Waals surface area contributed by atoms with Crippen LogP contribution in [0.3, 0.4) is 0 Å². The molecule has 0 aliphatic heterocycles. The smallest absolute Gasteiger partial charge is 0.144 e. The van der Waals surface area contributed by atoms with Crippen molar-refractivity contribution in [1.29, 1.82) is 0 Å². The van der Waals surface area contributed by atoms with Crippen LogP contribution in [0.4, 0.5) is 0 Å². The molecule has 1 aromatic rings. The molecule has 3 nitrogen and oxygen atoms in total. The van der Waals surface area contributed by atoms with Crippen LogP contribution in [0.15, 0.2) is 18.5 Å². The van der Waals surface area contributed by atoms with Gasteiger partial charge in [0.1, 0.15) is 5.82 Å². The Balaban J connectivity index is 0. The van der Waals surface area contributed by atoms with Crippen molar-refractivity contribution in [1.82, 2.24) is 9.97 Å². The van der Waals surface area contributed by atoms with E-state index in [0.29, 0.717) is 5.82 Å². The van der Waals surface area contributed by atoms with E-state index in [1.807, 2.05) is 6.92 Å². The molecule has 2 N–H and O–H groups in total. The zero-order valence-electron chi connectivity index (χ0n) is 6.10. The lowest BCUT2D eigenvalue weighted by Crippen LogP contribution is -2.08. The van der Waals surface area contributed by atoms with E-state index >= 15 is 0 Å². The lowest BCUT2D eigenvalue weighted by molar-refractivity contribution is 0.739. The van der Waals surface area contributed by atoms with Crippen LogP contribution in [-0.4, -0.2) is 9.97 Å². The highest BCUT2D eigenvalue weighted by Gasteiger charge is 1.97. The zero-order valence-corrected chi connectivity index (χ0v) is 7.73. The molecule has 1 aromatic heterocycles. The van der Waals surface area contributed by atoms with E-state index in [1.54, 1.807) is 18.5 Å². The average Bonchev–Trinajstić information content (AvgIpc) is 1.90. The lowest BCUT2D eigenvalue weighted by Gasteiger charge is -1.99. The van der Waals surface area contributed by atoms with E-state index in [0.717, 1.165) is 0 Å². The van der Waals surface area contributed by atoms with Gasteiger partial charge in [-0.3, -0.25) is 0 Å². The molecule has 0 aliphatic carbocycles. The Labute approximate surface area is 78.2 Å². The van der Waals surface area contributed by atoms with Crippen LogP contribution in [0.2, 0.25) is 0 Å². The monoisotopic (exact) mass is 195 g/mol. The van der Waals surface area contributed by atoms with Gasteiger partial charge >= 0.3 is 0 Å². The minimum atomic E-state index is -0.0637. The fourth-order valence-corrected chi connectivity index (χ4v) is 0.546. The second-order valence-electron chi connectivity index (χ2n) is 1.90. The number of nitrogens with two attached hydrogens (primary N) is 1. The fourth-order valence-electron chi connectivity index (χ4n) is 0.546. The Kier molecular flexibility index (Phi) is 7.62. The molecule has 5 heteroatoms. The van der Waals surface area contributed by atoms with Crippen LogP contribution < -0.4 is 5.73 Å². The molecular weight excluding hydrogens is 185 g/mol. The van der Waals surface area contributed by atoms with Gasteiger partial charge < -0.3 is 5.73 Å². The summed E-state index contributed by atoms with van der Waals surface area (Å²) in [6.07, 6.45) is 3.37. The summed E-state index contributed by atoms with van der Waals surface area (Å²) in [6, 6.07) is 1.71. The van der Waals surface area contributed by atoms with Gasteiger partial charge in [0.2, 0.25) is 0 Å². The van der Waals surface area contributed by atoms with Crippen molar-refractivity contribution >= 4 is 24.8 Å². The number of halogens is 2. The van der Waals surface area contributed by atoms with Crippen molar-refractivity contribution in [3.05, 3.63) is 24.3 Å². The van der Waals surface area contributed by atoms with Crippen LogP contribution >= 0.6 is 24.8 Å². The summed E-state index contributed by atoms with van der Waals surface area (Å²) in [6.45, 7) is 1.86. The van der Waals surface area contributed by atoms with Crippen LogP contribution in [-0.2, 0) is 0 Å². The third kappa shape index (κ3) is 4.14. The molecule has 0 fully saturated rings. The van der Waals surface area contributed by atoms with Gasteiger partial charge in [-0.05, 0) is 13.0 Å².